The van der Waals surface area contributed by atoms with Gasteiger partial charge in [-0.25, -0.2) is 0 Å². The Morgan fingerprint density at radius 3 is 2.85 bits per heavy atom. The lowest BCUT2D eigenvalue weighted by Crippen LogP contribution is -2.45. The van der Waals surface area contributed by atoms with Crippen LogP contribution in [0.5, 0.6) is 0 Å². The molecular weight excluding hydrogens is 362 g/mol. The molecule has 1 atom stereocenters. The van der Waals surface area contributed by atoms with Gasteiger partial charge in [-0.2, -0.15) is 0 Å². The van der Waals surface area contributed by atoms with Crippen LogP contribution < -0.4 is 11.1 Å². The van der Waals surface area contributed by atoms with Crippen LogP contribution in [0.4, 0.5) is 0 Å². The summed E-state index contributed by atoms with van der Waals surface area (Å²) in [5.41, 5.74) is 7.64. The summed E-state index contributed by atoms with van der Waals surface area (Å²) in [7, 11) is 0. The SMILES string of the molecule is NC(=O)c1cc(-c2cccc(C(=O)NCCN3CCCC[C@H]3CO)c2)cs1. The molecule has 2 amide bonds. The first-order chi connectivity index (χ1) is 13.1. The van der Waals surface area contributed by atoms with Gasteiger partial charge in [-0.05, 0) is 54.1 Å². The van der Waals surface area contributed by atoms with Gasteiger partial charge in [0.05, 0.1) is 11.5 Å². The van der Waals surface area contributed by atoms with Gasteiger partial charge in [-0.15, -0.1) is 11.3 Å². The molecule has 0 radical (unpaired) electrons. The monoisotopic (exact) mass is 387 g/mol. The highest BCUT2D eigenvalue weighted by atomic mass is 32.1. The molecule has 1 aliphatic rings. The van der Waals surface area contributed by atoms with E-state index in [0.29, 0.717) is 17.0 Å². The van der Waals surface area contributed by atoms with Crippen LogP contribution in [0.15, 0.2) is 35.7 Å². The third kappa shape index (κ3) is 4.94. The molecule has 0 spiro atoms. The van der Waals surface area contributed by atoms with Gasteiger partial charge in [-0.3, -0.25) is 14.5 Å². The first-order valence-corrected chi connectivity index (χ1v) is 10.1. The minimum absolute atomic E-state index is 0.125. The van der Waals surface area contributed by atoms with Crippen molar-refractivity contribution in [3.05, 3.63) is 46.2 Å². The second-order valence-electron chi connectivity index (χ2n) is 6.77. The molecule has 7 heteroatoms. The van der Waals surface area contributed by atoms with E-state index in [1.54, 1.807) is 12.1 Å². The fourth-order valence-corrected chi connectivity index (χ4v) is 4.20. The number of amides is 2. The van der Waals surface area contributed by atoms with Crippen molar-refractivity contribution < 1.29 is 14.7 Å². The number of carbonyl (C=O) groups is 2. The molecule has 1 aromatic carbocycles. The van der Waals surface area contributed by atoms with Crippen molar-refractivity contribution in [2.24, 2.45) is 5.73 Å². The summed E-state index contributed by atoms with van der Waals surface area (Å²) in [5.74, 6) is -0.571. The summed E-state index contributed by atoms with van der Waals surface area (Å²) in [5, 5.41) is 14.3. The van der Waals surface area contributed by atoms with Gasteiger partial charge >= 0.3 is 0 Å². The highest BCUT2D eigenvalue weighted by Gasteiger charge is 2.21. The summed E-state index contributed by atoms with van der Waals surface area (Å²) < 4.78 is 0. The highest BCUT2D eigenvalue weighted by Crippen LogP contribution is 2.26. The zero-order chi connectivity index (χ0) is 19.2. The van der Waals surface area contributed by atoms with Crippen molar-refractivity contribution in [2.75, 3.05) is 26.2 Å². The summed E-state index contributed by atoms with van der Waals surface area (Å²) in [4.78, 5) is 26.5. The Labute approximate surface area is 163 Å². The summed E-state index contributed by atoms with van der Waals surface area (Å²) in [6.45, 7) is 2.42. The maximum absolute atomic E-state index is 12.5. The van der Waals surface area contributed by atoms with E-state index in [4.69, 9.17) is 5.73 Å². The number of likely N-dealkylation sites (tertiary alicyclic amines) is 1. The second-order valence-corrected chi connectivity index (χ2v) is 7.68. The van der Waals surface area contributed by atoms with E-state index in [2.05, 4.69) is 10.2 Å². The zero-order valence-electron chi connectivity index (χ0n) is 15.2. The smallest absolute Gasteiger partial charge is 0.258 e. The molecule has 0 unspecified atom stereocenters. The first kappa shape index (κ1) is 19.5. The molecular formula is C20H25N3O3S. The van der Waals surface area contributed by atoms with E-state index in [0.717, 1.165) is 43.5 Å². The maximum Gasteiger partial charge on any atom is 0.258 e. The topological polar surface area (TPSA) is 95.7 Å². The van der Waals surface area contributed by atoms with Gasteiger partial charge in [0.25, 0.3) is 11.8 Å². The molecule has 6 nitrogen and oxygen atoms in total. The van der Waals surface area contributed by atoms with Crippen molar-refractivity contribution in [3.8, 4) is 11.1 Å². The highest BCUT2D eigenvalue weighted by molar-refractivity contribution is 7.12. The van der Waals surface area contributed by atoms with Crippen molar-refractivity contribution in [2.45, 2.75) is 25.3 Å². The Morgan fingerprint density at radius 1 is 1.26 bits per heavy atom. The summed E-state index contributed by atoms with van der Waals surface area (Å²) >= 11 is 1.30. The lowest BCUT2D eigenvalue weighted by atomic mass is 10.0. The molecule has 1 saturated heterocycles. The number of rotatable bonds is 7. The molecule has 1 fully saturated rings. The predicted molar refractivity (Wildman–Crippen MR) is 107 cm³/mol. The number of carbonyl (C=O) groups excluding carboxylic acids is 2. The van der Waals surface area contributed by atoms with Gasteiger partial charge in [0, 0.05) is 24.7 Å². The van der Waals surface area contributed by atoms with Crippen LogP contribution in [-0.4, -0.2) is 54.1 Å². The van der Waals surface area contributed by atoms with Crippen LogP contribution in [0.1, 0.15) is 39.3 Å². The average Bonchev–Trinajstić information content (AvgIpc) is 3.19. The average molecular weight is 388 g/mol. The molecule has 2 heterocycles. The molecule has 144 valence electrons. The first-order valence-electron chi connectivity index (χ1n) is 9.20. The van der Waals surface area contributed by atoms with Crippen LogP contribution >= 0.6 is 11.3 Å². The maximum atomic E-state index is 12.5. The Kier molecular flexibility index (Phi) is 6.60. The number of piperidine rings is 1. The molecule has 4 N–H and O–H groups in total. The van der Waals surface area contributed by atoms with E-state index in [1.807, 2.05) is 23.6 Å². The number of nitrogens with two attached hydrogens (primary N) is 1. The van der Waals surface area contributed by atoms with Crippen LogP contribution in [0.2, 0.25) is 0 Å². The molecule has 27 heavy (non-hydrogen) atoms. The second kappa shape index (κ2) is 9.12. The lowest BCUT2D eigenvalue weighted by molar-refractivity contribution is 0.0849. The third-order valence-electron chi connectivity index (χ3n) is 4.94. The number of aliphatic hydroxyl groups excluding tert-OH is 1. The largest absolute Gasteiger partial charge is 0.395 e. The quantitative estimate of drug-likeness (QED) is 0.678. The molecule has 0 aliphatic carbocycles. The minimum Gasteiger partial charge on any atom is -0.395 e. The van der Waals surface area contributed by atoms with E-state index in [-0.39, 0.29) is 18.6 Å². The number of benzene rings is 1. The molecule has 0 saturated carbocycles. The normalized spacial score (nSPS) is 17.6. The van der Waals surface area contributed by atoms with Crippen LogP contribution in [0.25, 0.3) is 11.1 Å². The van der Waals surface area contributed by atoms with E-state index in [9.17, 15) is 14.7 Å². The van der Waals surface area contributed by atoms with Crippen LogP contribution in [-0.2, 0) is 0 Å². The van der Waals surface area contributed by atoms with Gasteiger partial charge in [0.15, 0.2) is 0 Å². The van der Waals surface area contributed by atoms with Gasteiger partial charge in [-0.1, -0.05) is 18.6 Å². The summed E-state index contributed by atoms with van der Waals surface area (Å²) in [6.07, 6.45) is 3.31. The van der Waals surface area contributed by atoms with Crippen molar-refractivity contribution >= 4 is 23.2 Å². The van der Waals surface area contributed by atoms with Crippen LogP contribution in [0, 0.1) is 0 Å². The molecule has 0 bridgehead atoms. The van der Waals surface area contributed by atoms with Gasteiger partial charge < -0.3 is 16.2 Å². The Balaban J connectivity index is 1.59. The Morgan fingerprint density at radius 2 is 2.11 bits per heavy atom. The number of thiophene rings is 1. The number of primary amides is 1. The van der Waals surface area contributed by atoms with Crippen molar-refractivity contribution in [1.29, 1.82) is 0 Å². The number of hydrogen-bond acceptors (Lipinski definition) is 5. The van der Waals surface area contributed by atoms with E-state index < -0.39 is 5.91 Å². The van der Waals surface area contributed by atoms with Crippen LogP contribution in [0.3, 0.4) is 0 Å². The van der Waals surface area contributed by atoms with Crippen molar-refractivity contribution in [3.63, 3.8) is 0 Å². The fourth-order valence-electron chi connectivity index (χ4n) is 3.43. The Hall–Kier alpha value is -2.22. The molecule has 3 rings (SSSR count). The molecule has 1 aromatic heterocycles. The molecule has 1 aliphatic heterocycles. The van der Waals surface area contributed by atoms with Gasteiger partial charge in [0.2, 0.25) is 0 Å². The predicted octanol–water partition coefficient (Wildman–Crippen LogP) is 2.09. The zero-order valence-corrected chi connectivity index (χ0v) is 16.0. The standard InChI is InChI=1S/C20H25N3O3S/c21-19(25)18-11-16(13-27-18)14-4-3-5-15(10-14)20(26)22-7-9-23-8-2-1-6-17(23)12-24/h3-5,10-11,13,17,24H,1-2,6-9,12H2,(H2,21,25)(H,22,26)/t17-/m0/s1. The number of hydrogen-bond donors (Lipinski definition) is 3. The van der Waals surface area contributed by atoms with Crippen molar-refractivity contribution in [1.82, 2.24) is 10.2 Å². The van der Waals surface area contributed by atoms with E-state index in [1.165, 1.54) is 11.3 Å². The lowest BCUT2D eigenvalue weighted by Gasteiger charge is -2.34. The number of aliphatic hydroxyl groups is 1. The molecule has 2 aromatic rings. The Bertz CT molecular complexity index is 805. The summed E-state index contributed by atoms with van der Waals surface area (Å²) in [6, 6.07) is 9.28. The third-order valence-corrected chi connectivity index (χ3v) is 5.89. The van der Waals surface area contributed by atoms with Gasteiger partial charge in [0.1, 0.15) is 0 Å². The number of nitrogens with zero attached hydrogens (tertiary/aromatic N) is 1. The number of nitrogens with one attached hydrogen (secondary N) is 1. The fraction of sp³-hybridized carbons (Fsp3) is 0.400. The van der Waals surface area contributed by atoms with E-state index >= 15 is 0 Å². The minimum atomic E-state index is -0.445.